The Labute approximate surface area is 130 Å². The summed E-state index contributed by atoms with van der Waals surface area (Å²) in [5, 5.41) is 0.731. The fourth-order valence-electron chi connectivity index (χ4n) is 3.06. The number of nitrogen functional groups attached to an aromatic ring is 1. The van der Waals surface area contributed by atoms with Gasteiger partial charge in [0.1, 0.15) is 11.6 Å². The van der Waals surface area contributed by atoms with Gasteiger partial charge in [0.2, 0.25) is 0 Å². The minimum Gasteiger partial charge on any atom is -0.383 e. The number of nitrogens with zero attached hydrogens (tertiary/aromatic N) is 3. The van der Waals surface area contributed by atoms with Crippen molar-refractivity contribution < 1.29 is 4.74 Å². The second-order valence-corrected chi connectivity index (χ2v) is 6.55. The monoisotopic (exact) mass is 306 g/mol. The normalized spacial score (nSPS) is 21.4. The molecule has 2 aliphatic heterocycles. The van der Waals surface area contributed by atoms with Gasteiger partial charge in [-0.1, -0.05) is 23.4 Å². The lowest BCUT2D eigenvalue weighted by Crippen LogP contribution is -2.46. The molecule has 0 aliphatic carbocycles. The standard InChI is InChI=1S/C15H22N4OS/c1-11-3-8-20-15(10-11)4-6-19(7-5-15)13-9-12(16)17-14(18-13)21-2/h9-10H,3-8H2,1-2H3,(H2,16,17,18). The van der Waals surface area contributed by atoms with Gasteiger partial charge in [-0.25, -0.2) is 9.97 Å². The average Bonchev–Trinajstić information content (AvgIpc) is 2.47. The number of rotatable bonds is 2. The molecule has 0 bridgehead atoms. The molecule has 0 amide bonds. The van der Waals surface area contributed by atoms with Crippen LogP contribution in [0.2, 0.25) is 0 Å². The molecule has 3 heterocycles. The van der Waals surface area contributed by atoms with Gasteiger partial charge in [0.25, 0.3) is 0 Å². The van der Waals surface area contributed by atoms with Crippen molar-refractivity contribution in [2.75, 3.05) is 36.6 Å². The Bertz CT molecular complexity index is 553. The molecule has 0 saturated carbocycles. The second kappa shape index (κ2) is 5.85. The van der Waals surface area contributed by atoms with Crippen LogP contribution >= 0.6 is 11.8 Å². The number of hydrogen-bond acceptors (Lipinski definition) is 6. The van der Waals surface area contributed by atoms with Crippen LogP contribution in [0.5, 0.6) is 0 Å². The smallest absolute Gasteiger partial charge is 0.191 e. The van der Waals surface area contributed by atoms with Gasteiger partial charge in [0.15, 0.2) is 5.16 Å². The Kier molecular flexibility index (Phi) is 4.08. The summed E-state index contributed by atoms with van der Waals surface area (Å²) in [4.78, 5) is 11.1. The number of aromatic nitrogens is 2. The third kappa shape index (κ3) is 3.16. The number of hydrogen-bond donors (Lipinski definition) is 1. The van der Waals surface area contributed by atoms with E-state index in [1.807, 2.05) is 12.3 Å². The third-order valence-electron chi connectivity index (χ3n) is 4.22. The lowest BCUT2D eigenvalue weighted by atomic mass is 9.87. The highest BCUT2D eigenvalue weighted by Crippen LogP contribution is 2.34. The van der Waals surface area contributed by atoms with Gasteiger partial charge in [-0.05, 0) is 32.4 Å². The molecule has 3 rings (SSSR count). The molecule has 1 aromatic rings. The van der Waals surface area contributed by atoms with Crippen LogP contribution in [-0.4, -0.2) is 41.5 Å². The Morgan fingerprint density at radius 3 is 2.76 bits per heavy atom. The van der Waals surface area contributed by atoms with Crippen molar-refractivity contribution >= 4 is 23.4 Å². The van der Waals surface area contributed by atoms with Crippen LogP contribution in [0.4, 0.5) is 11.6 Å². The molecule has 0 aromatic carbocycles. The van der Waals surface area contributed by atoms with E-state index in [2.05, 4.69) is 27.9 Å². The van der Waals surface area contributed by atoms with Gasteiger partial charge in [-0.3, -0.25) is 0 Å². The molecule has 21 heavy (non-hydrogen) atoms. The van der Waals surface area contributed by atoms with Crippen molar-refractivity contribution in [3.8, 4) is 0 Å². The van der Waals surface area contributed by atoms with Gasteiger partial charge in [-0.15, -0.1) is 0 Å². The van der Waals surface area contributed by atoms with Gasteiger partial charge in [-0.2, -0.15) is 0 Å². The van der Waals surface area contributed by atoms with Crippen LogP contribution < -0.4 is 10.6 Å². The topological polar surface area (TPSA) is 64.3 Å². The Morgan fingerprint density at radius 2 is 2.10 bits per heavy atom. The van der Waals surface area contributed by atoms with Crippen molar-refractivity contribution in [1.82, 2.24) is 9.97 Å². The molecule has 1 aromatic heterocycles. The summed E-state index contributed by atoms with van der Waals surface area (Å²) < 4.78 is 6.07. The quantitative estimate of drug-likeness (QED) is 0.514. The number of nitrogens with two attached hydrogens (primary N) is 1. The third-order valence-corrected chi connectivity index (χ3v) is 4.77. The van der Waals surface area contributed by atoms with Crippen LogP contribution in [0.25, 0.3) is 0 Å². The SMILES string of the molecule is CSc1nc(N)cc(N2CCC3(C=C(C)CCO3)CC2)n1. The zero-order valence-electron chi connectivity index (χ0n) is 12.6. The van der Waals surface area contributed by atoms with Crippen molar-refractivity contribution in [2.24, 2.45) is 0 Å². The fraction of sp³-hybridized carbons (Fsp3) is 0.600. The van der Waals surface area contributed by atoms with E-state index in [0.717, 1.165) is 49.9 Å². The minimum absolute atomic E-state index is 0.0558. The van der Waals surface area contributed by atoms with Crippen LogP contribution in [0.3, 0.4) is 0 Å². The number of thioether (sulfide) groups is 1. The molecule has 0 unspecified atom stereocenters. The first kappa shape index (κ1) is 14.7. The molecule has 2 aliphatic rings. The molecule has 6 heteroatoms. The average molecular weight is 306 g/mol. The maximum atomic E-state index is 6.07. The van der Waals surface area contributed by atoms with E-state index in [0.29, 0.717) is 5.82 Å². The number of anilines is 2. The molecule has 1 fully saturated rings. The summed E-state index contributed by atoms with van der Waals surface area (Å²) in [6.07, 6.45) is 7.36. The van der Waals surface area contributed by atoms with E-state index in [9.17, 15) is 0 Å². The lowest BCUT2D eigenvalue weighted by Gasteiger charge is -2.42. The molecule has 0 radical (unpaired) electrons. The summed E-state index contributed by atoms with van der Waals surface area (Å²) in [7, 11) is 0. The second-order valence-electron chi connectivity index (χ2n) is 5.78. The zero-order chi connectivity index (χ0) is 14.9. The summed E-state index contributed by atoms with van der Waals surface area (Å²) in [6, 6.07) is 1.86. The van der Waals surface area contributed by atoms with Crippen LogP contribution in [0.15, 0.2) is 22.9 Å². The zero-order valence-corrected chi connectivity index (χ0v) is 13.4. The highest BCUT2D eigenvalue weighted by Gasteiger charge is 2.35. The van der Waals surface area contributed by atoms with Crippen molar-refractivity contribution in [3.05, 3.63) is 17.7 Å². The van der Waals surface area contributed by atoms with Crippen LogP contribution in [-0.2, 0) is 4.74 Å². The summed E-state index contributed by atoms with van der Waals surface area (Å²) >= 11 is 1.52. The maximum Gasteiger partial charge on any atom is 0.191 e. The lowest BCUT2D eigenvalue weighted by molar-refractivity contribution is -0.0326. The molecular weight excluding hydrogens is 284 g/mol. The first-order valence-electron chi connectivity index (χ1n) is 7.36. The Balaban J connectivity index is 1.74. The Hall–Kier alpha value is -1.27. The van der Waals surface area contributed by atoms with E-state index >= 15 is 0 Å². The Morgan fingerprint density at radius 1 is 1.33 bits per heavy atom. The predicted octanol–water partition coefficient (Wildman–Crippen LogP) is 2.49. The summed E-state index contributed by atoms with van der Waals surface area (Å²) in [6.45, 7) is 4.92. The van der Waals surface area contributed by atoms with E-state index in [4.69, 9.17) is 10.5 Å². The van der Waals surface area contributed by atoms with E-state index in [1.165, 1.54) is 17.3 Å². The van der Waals surface area contributed by atoms with E-state index < -0.39 is 0 Å². The number of piperidine rings is 1. The summed E-state index contributed by atoms with van der Waals surface area (Å²) in [5.41, 5.74) is 7.26. The van der Waals surface area contributed by atoms with Gasteiger partial charge < -0.3 is 15.4 Å². The molecule has 114 valence electrons. The number of ether oxygens (including phenoxy) is 1. The summed E-state index contributed by atoms with van der Waals surface area (Å²) in [5.74, 6) is 1.47. The highest BCUT2D eigenvalue weighted by atomic mass is 32.2. The van der Waals surface area contributed by atoms with Gasteiger partial charge >= 0.3 is 0 Å². The first-order chi connectivity index (χ1) is 10.1. The molecule has 1 spiro atoms. The van der Waals surface area contributed by atoms with Crippen molar-refractivity contribution in [2.45, 2.75) is 36.9 Å². The van der Waals surface area contributed by atoms with E-state index in [1.54, 1.807) is 0 Å². The molecular formula is C15H22N4OS. The first-order valence-corrected chi connectivity index (χ1v) is 8.58. The highest BCUT2D eigenvalue weighted by molar-refractivity contribution is 7.98. The molecule has 2 N–H and O–H groups in total. The largest absolute Gasteiger partial charge is 0.383 e. The minimum atomic E-state index is -0.0558. The van der Waals surface area contributed by atoms with Crippen LogP contribution in [0.1, 0.15) is 26.2 Å². The molecule has 1 saturated heterocycles. The van der Waals surface area contributed by atoms with Crippen molar-refractivity contribution in [3.63, 3.8) is 0 Å². The van der Waals surface area contributed by atoms with Gasteiger partial charge in [0, 0.05) is 19.2 Å². The van der Waals surface area contributed by atoms with Gasteiger partial charge in [0.05, 0.1) is 12.2 Å². The molecule has 5 nitrogen and oxygen atoms in total. The van der Waals surface area contributed by atoms with Crippen LogP contribution in [0, 0.1) is 0 Å². The predicted molar refractivity (Wildman–Crippen MR) is 86.7 cm³/mol. The van der Waals surface area contributed by atoms with E-state index in [-0.39, 0.29) is 5.60 Å². The molecule has 0 atom stereocenters. The maximum absolute atomic E-state index is 6.07. The van der Waals surface area contributed by atoms with Crippen molar-refractivity contribution in [1.29, 1.82) is 0 Å². The fourth-order valence-corrected chi connectivity index (χ4v) is 3.45.